The van der Waals surface area contributed by atoms with Crippen molar-refractivity contribution in [1.29, 1.82) is 10.5 Å². The Morgan fingerprint density at radius 1 is 0.358 bits per heavy atom. The predicted octanol–water partition coefficient (Wildman–Crippen LogP) is 15.6. The van der Waals surface area contributed by atoms with E-state index in [0.717, 1.165) is 94.4 Å². The molecule has 11 aromatic rings. The number of hydrogen-bond acceptors (Lipinski definition) is 4. The van der Waals surface area contributed by atoms with E-state index >= 15 is 0 Å². The predicted molar refractivity (Wildman–Crippen MR) is 273 cm³/mol. The minimum Gasteiger partial charge on any atom is -0.308 e. The monoisotopic (exact) mass is 855 g/mol. The van der Waals surface area contributed by atoms with E-state index in [0.29, 0.717) is 22.6 Å². The van der Waals surface area contributed by atoms with Gasteiger partial charge in [0.25, 0.3) is 0 Å². The molecule has 0 saturated heterocycles. The molecule has 0 aliphatic heterocycles. The Hall–Kier alpha value is -9.16. The zero-order chi connectivity index (χ0) is 45.4. The van der Waals surface area contributed by atoms with Gasteiger partial charge >= 0.3 is 0 Å². The van der Waals surface area contributed by atoms with Crippen LogP contribution in [0.1, 0.15) is 22.3 Å². The van der Waals surface area contributed by atoms with Crippen LogP contribution in [0.5, 0.6) is 0 Å². The standard InChI is InChI=1S/C62H41N5/c1-40-21-25-42(26-22-40)46-29-31-59-53(33-46)54-34-47(43-27-23-41(2)24-28-43)30-32-60(54)67(59)61-55(51-19-11-9-17-48(51)38-63)35-50(36-56(61)52-20-12-10-18-49(52)39-64)58-37-57(44-13-5-3-6-14-44)65-62(66-58)45-15-7-4-8-16-45/h3-37H,1-2H3. The maximum absolute atomic E-state index is 10.8. The van der Waals surface area contributed by atoms with Gasteiger partial charge in [0.05, 0.1) is 51.4 Å². The molecule has 67 heavy (non-hydrogen) atoms. The lowest BCUT2D eigenvalue weighted by Crippen LogP contribution is -2.04. The third kappa shape index (κ3) is 7.51. The molecule has 0 fully saturated rings. The van der Waals surface area contributed by atoms with E-state index in [9.17, 15) is 10.5 Å². The molecule has 0 amide bonds. The van der Waals surface area contributed by atoms with Crippen LogP contribution in [0.3, 0.4) is 0 Å². The molecular weight excluding hydrogens is 815 g/mol. The summed E-state index contributed by atoms with van der Waals surface area (Å²) in [6.45, 7) is 4.22. The summed E-state index contributed by atoms with van der Waals surface area (Å²) in [7, 11) is 0. The Kier molecular flexibility index (Phi) is 10.4. The summed E-state index contributed by atoms with van der Waals surface area (Å²) < 4.78 is 2.34. The molecule has 5 nitrogen and oxygen atoms in total. The average Bonchev–Trinajstić information content (AvgIpc) is 3.71. The van der Waals surface area contributed by atoms with Crippen molar-refractivity contribution in [2.45, 2.75) is 13.8 Å². The summed E-state index contributed by atoms with van der Waals surface area (Å²) in [6, 6.07) is 77.9. The fraction of sp³-hybridized carbons (Fsp3) is 0.0323. The summed E-state index contributed by atoms with van der Waals surface area (Å²) >= 11 is 0. The number of nitriles is 2. The smallest absolute Gasteiger partial charge is 0.160 e. The van der Waals surface area contributed by atoms with Crippen LogP contribution in [-0.4, -0.2) is 14.5 Å². The second-order valence-electron chi connectivity index (χ2n) is 17.0. The van der Waals surface area contributed by atoms with Crippen molar-refractivity contribution in [3.8, 4) is 96.2 Å². The quantitative estimate of drug-likeness (QED) is 0.152. The van der Waals surface area contributed by atoms with E-state index in [-0.39, 0.29) is 0 Å². The lowest BCUT2D eigenvalue weighted by molar-refractivity contribution is 1.17. The number of nitrogens with zero attached hydrogens (tertiary/aromatic N) is 5. The Balaban J connectivity index is 1.28. The number of fused-ring (bicyclic) bond motifs is 3. The summed E-state index contributed by atoms with van der Waals surface area (Å²) in [4.78, 5) is 10.4. The molecule has 0 N–H and O–H groups in total. The number of aromatic nitrogens is 3. The maximum Gasteiger partial charge on any atom is 0.160 e. The van der Waals surface area contributed by atoms with Gasteiger partial charge in [0, 0.05) is 49.7 Å². The fourth-order valence-corrected chi connectivity index (χ4v) is 9.25. The highest BCUT2D eigenvalue weighted by Crippen LogP contribution is 2.46. The van der Waals surface area contributed by atoms with Crippen molar-refractivity contribution in [3.63, 3.8) is 0 Å². The highest BCUT2D eigenvalue weighted by molar-refractivity contribution is 6.13. The Morgan fingerprint density at radius 3 is 1.25 bits per heavy atom. The van der Waals surface area contributed by atoms with Gasteiger partial charge in [-0.3, -0.25) is 0 Å². The lowest BCUT2D eigenvalue weighted by Gasteiger charge is -2.22. The summed E-state index contributed by atoms with van der Waals surface area (Å²) in [5.74, 6) is 0.593. The van der Waals surface area contributed by atoms with Gasteiger partial charge in [-0.1, -0.05) is 169 Å². The normalized spacial score (nSPS) is 11.1. The zero-order valence-electron chi connectivity index (χ0n) is 36.9. The van der Waals surface area contributed by atoms with Crippen molar-refractivity contribution >= 4 is 21.8 Å². The lowest BCUT2D eigenvalue weighted by atomic mass is 9.88. The van der Waals surface area contributed by atoms with Gasteiger partial charge in [0.2, 0.25) is 0 Å². The van der Waals surface area contributed by atoms with Gasteiger partial charge in [-0.2, -0.15) is 10.5 Å². The van der Waals surface area contributed by atoms with Crippen LogP contribution in [0, 0.1) is 36.5 Å². The molecular formula is C62H41N5. The molecule has 314 valence electrons. The molecule has 0 bridgehead atoms. The second-order valence-corrected chi connectivity index (χ2v) is 17.0. The highest BCUT2D eigenvalue weighted by atomic mass is 15.0. The van der Waals surface area contributed by atoms with Gasteiger partial charge in [-0.05, 0) is 90.7 Å². The number of hydrogen-bond donors (Lipinski definition) is 0. The molecule has 0 radical (unpaired) electrons. The van der Waals surface area contributed by atoms with Crippen LogP contribution in [-0.2, 0) is 0 Å². The van der Waals surface area contributed by atoms with Crippen LogP contribution in [0.2, 0.25) is 0 Å². The van der Waals surface area contributed by atoms with Crippen LogP contribution >= 0.6 is 0 Å². The van der Waals surface area contributed by atoms with Crippen LogP contribution < -0.4 is 0 Å². The topological polar surface area (TPSA) is 78.3 Å². The van der Waals surface area contributed by atoms with Gasteiger partial charge in [-0.25, -0.2) is 9.97 Å². The Bertz CT molecular complexity index is 3520. The third-order valence-corrected chi connectivity index (χ3v) is 12.7. The van der Waals surface area contributed by atoms with Crippen molar-refractivity contribution in [3.05, 3.63) is 235 Å². The first kappa shape index (κ1) is 40.6. The van der Waals surface area contributed by atoms with E-state index in [1.807, 2.05) is 103 Å². The van der Waals surface area contributed by atoms with Crippen molar-refractivity contribution in [2.75, 3.05) is 0 Å². The minimum atomic E-state index is 0.530. The SMILES string of the molecule is Cc1ccc(-c2ccc3c(c2)c2cc(-c4ccc(C)cc4)ccc2n3-c2c(-c3ccccc3C#N)cc(-c3cc(-c4ccccc4)nc(-c4ccccc4)n3)cc2-c2ccccc2C#N)cc1. The summed E-state index contributed by atoms with van der Waals surface area (Å²) in [6.07, 6.45) is 0. The molecule has 0 spiro atoms. The average molecular weight is 856 g/mol. The Morgan fingerprint density at radius 2 is 0.776 bits per heavy atom. The Labute approximate surface area is 389 Å². The molecule has 0 aliphatic rings. The number of aryl methyl sites for hydroxylation is 2. The van der Waals surface area contributed by atoms with Crippen molar-refractivity contribution in [2.24, 2.45) is 0 Å². The highest BCUT2D eigenvalue weighted by Gasteiger charge is 2.25. The number of rotatable bonds is 8. The first-order valence-electron chi connectivity index (χ1n) is 22.3. The molecule has 5 heteroatoms. The molecule has 9 aromatic carbocycles. The molecule has 11 rings (SSSR count). The molecule has 0 saturated carbocycles. The zero-order valence-corrected chi connectivity index (χ0v) is 36.9. The van der Waals surface area contributed by atoms with E-state index in [1.165, 1.54) is 11.1 Å². The van der Waals surface area contributed by atoms with E-state index in [4.69, 9.17) is 9.97 Å². The van der Waals surface area contributed by atoms with Gasteiger partial charge in [0.1, 0.15) is 0 Å². The fourth-order valence-electron chi connectivity index (χ4n) is 9.25. The second kappa shape index (κ2) is 17.1. The van der Waals surface area contributed by atoms with Crippen LogP contribution in [0.15, 0.2) is 212 Å². The minimum absolute atomic E-state index is 0.530. The molecule has 2 aromatic heterocycles. The first-order chi connectivity index (χ1) is 32.9. The third-order valence-electron chi connectivity index (χ3n) is 12.7. The maximum atomic E-state index is 10.8. The molecule has 0 aliphatic carbocycles. The van der Waals surface area contributed by atoms with Crippen molar-refractivity contribution < 1.29 is 0 Å². The number of benzene rings is 9. The van der Waals surface area contributed by atoms with E-state index in [1.54, 1.807) is 0 Å². The first-order valence-corrected chi connectivity index (χ1v) is 22.3. The van der Waals surface area contributed by atoms with Gasteiger partial charge in [0.15, 0.2) is 5.82 Å². The molecule has 2 heterocycles. The summed E-state index contributed by atoms with van der Waals surface area (Å²) in [5, 5.41) is 23.8. The molecule has 0 unspecified atom stereocenters. The van der Waals surface area contributed by atoms with Gasteiger partial charge < -0.3 is 4.57 Å². The van der Waals surface area contributed by atoms with E-state index in [2.05, 4.69) is 140 Å². The summed E-state index contributed by atoms with van der Waals surface area (Å²) in [5.41, 5.74) is 18.1. The van der Waals surface area contributed by atoms with E-state index < -0.39 is 0 Å². The van der Waals surface area contributed by atoms with Crippen LogP contribution in [0.25, 0.3) is 106 Å². The largest absolute Gasteiger partial charge is 0.308 e. The van der Waals surface area contributed by atoms with Crippen molar-refractivity contribution in [1.82, 2.24) is 14.5 Å². The van der Waals surface area contributed by atoms with Crippen LogP contribution in [0.4, 0.5) is 0 Å². The van der Waals surface area contributed by atoms with Gasteiger partial charge in [-0.15, -0.1) is 0 Å². The molecule has 0 atom stereocenters.